The summed E-state index contributed by atoms with van der Waals surface area (Å²) in [4.78, 5) is 0. The lowest BCUT2D eigenvalue weighted by Gasteiger charge is -2.09. The molecule has 0 saturated heterocycles. The van der Waals surface area contributed by atoms with Crippen LogP contribution in [0.25, 0.3) is 0 Å². The highest BCUT2D eigenvalue weighted by molar-refractivity contribution is 5.39. The van der Waals surface area contributed by atoms with Crippen molar-refractivity contribution in [1.29, 1.82) is 0 Å². The van der Waals surface area contributed by atoms with E-state index in [0.717, 1.165) is 0 Å². The normalized spacial score (nSPS) is 10.3. The van der Waals surface area contributed by atoms with E-state index < -0.39 is 0 Å². The second kappa shape index (κ2) is 6.26. The van der Waals surface area contributed by atoms with E-state index in [4.69, 9.17) is 9.47 Å². The van der Waals surface area contributed by atoms with E-state index in [9.17, 15) is 8.78 Å². The smallest absolute Gasteiger partial charge is 0.131 e. The molecule has 0 aliphatic carbocycles. The maximum atomic E-state index is 12.9. The zero-order chi connectivity index (χ0) is 15.4. The summed E-state index contributed by atoms with van der Waals surface area (Å²) >= 11 is 0. The molecule has 3 aromatic rings. The Balaban J connectivity index is 1.74. The number of benzene rings is 3. The molecule has 0 N–H and O–H groups in total. The molecular weight excluding hydrogens is 286 g/mol. The van der Waals surface area contributed by atoms with Gasteiger partial charge in [-0.3, -0.25) is 0 Å². The minimum Gasteiger partial charge on any atom is -0.457 e. The molecular formula is C18H12F2O2. The van der Waals surface area contributed by atoms with Gasteiger partial charge in [-0.1, -0.05) is 6.07 Å². The first-order chi connectivity index (χ1) is 10.7. The van der Waals surface area contributed by atoms with E-state index in [-0.39, 0.29) is 11.6 Å². The molecule has 0 aromatic heterocycles. The van der Waals surface area contributed by atoms with Crippen molar-refractivity contribution in [2.24, 2.45) is 0 Å². The first-order valence-corrected chi connectivity index (χ1v) is 6.66. The molecule has 3 rings (SSSR count). The molecule has 0 amide bonds. The van der Waals surface area contributed by atoms with Crippen molar-refractivity contribution in [3.8, 4) is 23.0 Å². The van der Waals surface area contributed by atoms with Crippen LogP contribution in [0.2, 0.25) is 0 Å². The molecule has 0 saturated carbocycles. The Labute approximate surface area is 126 Å². The van der Waals surface area contributed by atoms with E-state index >= 15 is 0 Å². The third-order valence-electron chi connectivity index (χ3n) is 2.90. The predicted octanol–water partition coefficient (Wildman–Crippen LogP) is 5.55. The SMILES string of the molecule is Fc1ccc(Oc2cccc(Oc3ccc(F)cc3)c2)cc1. The van der Waals surface area contributed by atoms with Gasteiger partial charge in [-0.05, 0) is 60.7 Å². The Hall–Kier alpha value is -2.88. The lowest BCUT2D eigenvalue weighted by molar-refractivity contribution is 0.458. The fraction of sp³-hybridized carbons (Fsp3) is 0. The second-order valence-corrected chi connectivity index (χ2v) is 4.59. The number of rotatable bonds is 4. The van der Waals surface area contributed by atoms with Gasteiger partial charge in [0.15, 0.2) is 0 Å². The molecule has 0 aliphatic rings. The van der Waals surface area contributed by atoms with Gasteiger partial charge in [0.2, 0.25) is 0 Å². The first-order valence-electron chi connectivity index (χ1n) is 6.66. The largest absolute Gasteiger partial charge is 0.457 e. The van der Waals surface area contributed by atoms with Crippen LogP contribution in [0, 0.1) is 11.6 Å². The molecule has 0 spiro atoms. The van der Waals surface area contributed by atoms with Crippen molar-refractivity contribution in [1.82, 2.24) is 0 Å². The van der Waals surface area contributed by atoms with Gasteiger partial charge in [-0.15, -0.1) is 0 Å². The lowest BCUT2D eigenvalue weighted by atomic mass is 10.3. The van der Waals surface area contributed by atoms with Crippen LogP contribution in [0.3, 0.4) is 0 Å². The van der Waals surface area contributed by atoms with E-state index in [1.54, 1.807) is 48.5 Å². The van der Waals surface area contributed by atoms with Crippen LogP contribution in [-0.4, -0.2) is 0 Å². The zero-order valence-corrected chi connectivity index (χ0v) is 11.5. The zero-order valence-electron chi connectivity index (χ0n) is 11.5. The maximum absolute atomic E-state index is 12.9. The Morgan fingerprint density at radius 1 is 0.500 bits per heavy atom. The topological polar surface area (TPSA) is 18.5 Å². The Bertz CT molecular complexity index is 690. The number of hydrogen-bond donors (Lipinski definition) is 0. The predicted molar refractivity (Wildman–Crippen MR) is 79.4 cm³/mol. The summed E-state index contributed by atoms with van der Waals surface area (Å²) in [5.74, 6) is 1.54. The minimum atomic E-state index is -0.319. The van der Waals surface area contributed by atoms with Gasteiger partial charge in [0.1, 0.15) is 34.6 Å². The Morgan fingerprint density at radius 3 is 1.32 bits per heavy atom. The maximum Gasteiger partial charge on any atom is 0.131 e. The van der Waals surface area contributed by atoms with Gasteiger partial charge in [-0.25, -0.2) is 8.78 Å². The molecule has 4 heteroatoms. The standard InChI is InChI=1S/C18H12F2O2/c19-13-4-8-15(9-5-13)21-17-2-1-3-18(12-17)22-16-10-6-14(20)7-11-16/h1-12H. The van der Waals surface area contributed by atoms with Crippen LogP contribution < -0.4 is 9.47 Å². The number of halogens is 2. The summed E-state index contributed by atoms with van der Waals surface area (Å²) in [6, 6.07) is 18.5. The third-order valence-corrected chi connectivity index (χ3v) is 2.90. The molecule has 3 aromatic carbocycles. The van der Waals surface area contributed by atoms with Gasteiger partial charge in [-0.2, -0.15) is 0 Å². The molecule has 0 fully saturated rings. The van der Waals surface area contributed by atoms with Crippen molar-refractivity contribution in [3.63, 3.8) is 0 Å². The quantitative estimate of drug-likeness (QED) is 0.628. The Kier molecular flexibility index (Phi) is 4.01. The monoisotopic (exact) mass is 298 g/mol. The van der Waals surface area contributed by atoms with Crippen LogP contribution in [0.4, 0.5) is 8.78 Å². The molecule has 0 radical (unpaired) electrons. The average molecular weight is 298 g/mol. The van der Waals surface area contributed by atoms with E-state index in [1.165, 1.54) is 24.3 Å². The number of ether oxygens (including phenoxy) is 2. The van der Waals surface area contributed by atoms with Crippen molar-refractivity contribution in [2.75, 3.05) is 0 Å². The molecule has 110 valence electrons. The van der Waals surface area contributed by atoms with Crippen LogP contribution in [0.1, 0.15) is 0 Å². The summed E-state index contributed by atoms with van der Waals surface area (Å²) in [6.07, 6.45) is 0. The summed E-state index contributed by atoms with van der Waals surface area (Å²) in [6.45, 7) is 0. The summed E-state index contributed by atoms with van der Waals surface area (Å²) in [7, 11) is 0. The molecule has 0 unspecified atom stereocenters. The van der Waals surface area contributed by atoms with Crippen LogP contribution in [-0.2, 0) is 0 Å². The molecule has 0 atom stereocenters. The number of hydrogen-bond acceptors (Lipinski definition) is 2. The Morgan fingerprint density at radius 2 is 0.909 bits per heavy atom. The molecule has 0 aliphatic heterocycles. The molecule has 0 bridgehead atoms. The fourth-order valence-electron chi connectivity index (χ4n) is 1.88. The summed E-state index contributed by atoms with van der Waals surface area (Å²) in [5.41, 5.74) is 0. The van der Waals surface area contributed by atoms with Crippen LogP contribution >= 0.6 is 0 Å². The van der Waals surface area contributed by atoms with Crippen molar-refractivity contribution in [3.05, 3.63) is 84.4 Å². The average Bonchev–Trinajstić information content (AvgIpc) is 2.52. The van der Waals surface area contributed by atoms with Gasteiger partial charge >= 0.3 is 0 Å². The van der Waals surface area contributed by atoms with Crippen molar-refractivity contribution < 1.29 is 18.3 Å². The molecule has 22 heavy (non-hydrogen) atoms. The second-order valence-electron chi connectivity index (χ2n) is 4.59. The van der Waals surface area contributed by atoms with E-state index in [2.05, 4.69) is 0 Å². The highest BCUT2D eigenvalue weighted by Gasteiger charge is 2.02. The van der Waals surface area contributed by atoms with E-state index in [1.807, 2.05) is 0 Å². The van der Waals surface area contributed by atoms with Gasteiger partial charge in [0.25, 0.3) is 0 Å². The van der Waals surface area contributed by atoms with E-state index in [0.29, 0.717) is 23.0 Å². The third kappa shape index (κ3) is 3.61. The highest BCUT2D eigenvalue weighted by Crippen LogP contribution is 2.28. The van der Waals surface area contributed by atoms with Gasteiger partial charge < -0.3 is 9.47 Å². The fourth-order valence-corrected chi connectivity index (χ4v) is 1.88. The minimum absolute atomic E-state index is 0.319. The van der Waals surface area contributed by atoms with Crippen LogP contribution in [0.15, 0.2) is 72.8 Å². The van der Waals surface area contributed by atoms with Gasteiger partial charge in [0.05, 0.1) is 0 Å². The summed E-state index contributed by atoms with van der Waals surface area (Å²) < 4.78 is 37.0. The first kappa shape index (κ1) is 14.1. The van der Waals surface area contributed by atoms with Crippen LogP contribution in [0.5, 0.6) is 23.0 Å². The highest BCUT2D eigenvalue weighted by atomic mass is 19.1. The van der Waals surface area contributed by atoms with Crippen molar-refractivity contribution >= 4 is 0 Å². The molecule has 0 heterocycles. The van der Waals surface area contributed by atoms with Crippen molar-refractivity contribution in [2.45, 2.75) is 0 Å². The summed E-state index contributed by atoms with van der Waals surface area (Å²) in [5, 5.41) is 0. The lowest BCUT2D eigenvalue weighted by Crippen LogP contribution is -1.87. The molecule has 2 nitrogen and oxygen atoms in total. The van der Waals surface area contributed by atoms with Gasteiger partial charge in [0, 0.05) is 6.07 Å².